The van der Waals surface area contributed by atoms with Crippen molar-refractivity contribution in [2.24, 2.45) is 0 Å². The molecule has 34 heavy (non-hydrogen) atoms. The van der Waals surface area contributed by atoms with Gasteiger partial charge in [-0.25, -0.2) is 0 Å². The van der Waals surface area contributed by atoms with Crippen LogP contribution in [0.2, 0.25) is 0 Å². The summed E-state index contributed by atoms with van der Waals surface area (Å²) in [6.45, 7) is 0.994. The van der Waals surface area contributed by atoms with E-state index in [0.717, 1.165) is 23.0 Å². The molecule has 178 valence electrons. The molecule has 1 fully saturated rings. The lowest BCUT2D eigenvalue weighted by atomic mass is 9.98. The molecule has 1 heterocycles. The van der Waals surface area contributed by atoms with Crippen LogP contribution in [0.25, 0.3) is 0 Å². The number of benzene rings is 3. The highest BCUT2D eigenvalue weighted by Gasteiger charge is 2.48. The first-order valence-corrected chi connectivity index (χ1v) is 11.4. The predicted molar refractivity (Wildman–Crippen MR) is 127 cm³/mol. The molecule has 3 aromatic carbocycles. The summed E-state index contributed by atoms with van der Waals surface area (Å²) in [5, 5.41) is 0. The smallest absolute Gasteiger partial charge is 0.187 e. The van der Waals surface area contributed by atoms with Crippen LogP contribution < -0.4 is 0 Å². The van der Waals surface area contributed by atoms with Crippen LogP contribution in [0.3, 0.4) is 0 Å². The lowest BCUT2D eigenvalue weighted by Gasteiger charge is -2.44. The molecule has 0 aromatic heterocycles. The fourth-order valence-electron chi connectivity index (χ4n) is 3.99. The van der Waals surface area contributed by atoms with Gasteiger partial charge >= 0.3 is 0 Å². The molecule has 1 unspecified atom stereocenters. The Balaban J connectivity index is 1.57. The monoisotopic (exact) mass is 462 g/mol. The number of carbonyl (C=O) groups is 1. The summed E-state index contributed by atoms with van der Waals surface area (Å²) in [6, 6.07) is 29.5. The standard InChI is InChI=1S/C28H30O6/c1-30-28-27(33-20-23-15-9-4-10-16-23)26(32-19-22-13-7-3-8-14-22)25(24(17-29)34-28)31-18-21-11-5-2-6-12-21/h2-17,24-28H,18-20H2,1H3/t24-,25-,26-,27-,28?/m1/s1. The molecule has 0 aliphatic carbocycles. The zero-order chi connectivity index (χ0) is 23.6. The molecule has 4 rings (SSSR count). The van der Waals surface area contributed by atoms with Gasteiger partial charge in [-0.1, -0.05) is 91.0 Å². The highest BCUT2D eigenvalue weighted by atomic mass is 16.7. The molecule has 0 bridgehead atoms. The third-order valence-corrected chi connectivity index (χ3v) is 5.75. The molecule has 3 aromatic rings. The van der Waals surface area contributed by atoms with Crippen molar-refractivity contribution in [2.45, 2.75) is 50.5 Å². The maximum atomic E-state index is 12.0. The van der Waals surface area contributed by atoms with E-state index in [9.17, 15) is 4.79 Å². The maximum absolute atomic E-state index is 12.0. The minimum Gasteiger partial charge on any atom is -0.368 e. The number of hydrogen-bond acceptors (Lipinski definition) is 6. The number of methoxy groups -OCH3 is 1. The van der Waals surface area contributed by atoms with E-state index in [2.05, 4.69) is 0 Å². The Morgan fingerprint density at radius 3 is 1.47 bits per heavy atom. The SMILES string of the molecule is COC1O[C@H](C=O)[C@@H](OCc2ccccc2)[C@@H](OCc2ccccc2)[C@H]1OCc1ccccc1. The van der Waals surface area contributed by atoms with Crippen molar-refractivity contribution in [3.8, 4) is 0 Å². The van der Waals surface area contributed by atoms with Gasteiger partial charge in [-0.3, -0.25) is 0 Å². The van der Waals surface area contributed by atoms with Crippen LogP contribution >= 0.6 is 0 Å². The van der Waals surface area contributed by atoms with Crippen molar-refractivity contribution in [1.82, 2.24) is 0 Å². The van der Waals surface area contributed by atoms with Gasteiger partial charge in [0.2, 0.25) is 0 Å². The Kier molecular flexibility index (Phi) is 8.96. The summed E-state index contributed by atoms with van der Waals surface area (Å²) in [5.41, 5.74) is 3.01. The van der Waals surface area contributed by atoms with Crippen LogP contribution in [-0.2, 0) is 48.3 Å². The molecule has 0 amide bonds. The van der Waals surface area contributed by atoms with E-state index in [1.807, 2.05) is 91.0 Å². The summed E-state index contributed by atoms with van der Waals surface area (Å²) in [4.78, 5) is 12.0. The van der Waals surface area contributed by atoms with Crippen molar-refractivity contribution in [2.75, 3.05) is 7.11 Å². The second kappa shape index (κ2) is 12.6. The van der Waals surface area contributed by atoms with E-state index < -0.39 is 30.7 Å². The number of aldehydes is 1. The van der Waals surface area contributed by atoms with Gasteiger partial charge in [-0.2, -0.15) is 0 Å². The zero-order valence-corrected chi connectivity index (χ0v) is 19.2. The lowest BCUT2D eigenvalue weighted by molar-refractivity contribution is -0.309. The topological polar surface area (TPSA) is 63.2 Å². The van der Waals surface area contributed by atoms with E-state index in [4.69, 9.17) is 23.7 Å². The summed E-state index contributed by atoms with van der Waals surface area (Å²) < 4.78 is 30.4. The molecule has 0 spiro atoms. The summed E-state index contributed by atoms with van der Waals surface area (Å²) in [7, 11) is 1.53. The number of carbonyl (C=O) groups excluding carboxylic acids is 1. The zero-order valence-electron chi connectivity index (χ0n) is 19.2. The van der Waals surface area contributed by atoms with E-state index >= 15 is 0 Å². The lowest BCUT2D eigenvalue weighted by Crippen LogP contribution is -2.61. The van der Waals surface area contributed by atoms with Crippen LogP contribution in [0, 0.1) is 0 Å². The third-order valence-electron chi connectivity index (χ3n) is 5.75. The molecule has 6 heteroatoms. The molecular formula is C28H30O6. The predicted octanol–water partition coefficient (Wildman–Crippen LogP) is 4.31. The van der Waals surface area contributed by atoms with Gasteiger partial charge in [0.1, 0.15) is 24.4 Å². The molecule has 0 radical (unpaired) electrons. The average Bonchev–Trinajstić information content (AvgIpc) is 2.91. The van der Waals surface area contributed by atoms with Crippen LogP contribution in [0.1, 0.15) is 16.7 Å². The van der Waals surface area contributed by atoms with Gasteiger partial charge in [0.25, 0.3) is 0 Å². The first-order valence-electron chi connectivity index (χ1n) is 11.4. The Morgan fingerprint density at radius 1 is 0.647 bits per heavy atom. The van der Waals surface area contributed by atoms with Crippen molar-refractivity contribution in [3.63, 3.8) is 0 Å². The fourth-order valence-corrected chi connectivity index (χ4v) is 3.99. The van der Waals surface area contributed by atoms with E-state index in [1.54, 1.807) is 0 Å². The van der Waals surface area contributed by atoms with Crippen LogP contribution in [0.5, 0.6) is 0 Å². The van der Waals surface area contributed by atoms with Gasteiger partial charge in [-0.05, 0) is 16.7 Å². The van der Waals surface area contributed by atoms with E-state index in [1.165, 1.54) is 7.11 Å². The number of ether oxygens (including phenoxy) is 5. The first kappa shape index (κ1) is 24.3. The third kappa shape index (κ3) is 6.38. The Labute approximate surface area is 200 Å². The van der Waals surface area contributed by atoms with Crippen molar-refractivity contribution >= 4 is 6.29 Å². The van der Waals surface area contributed by atoms with Gasteiger partial charge in [-0.15, -0.1) is 0 Å². The Hall–Kier alpha value is -2.87. The fraction of sp³-hybridized carbons (Fsp3) is 0.321. The average molecular weight is 463 g/mol. The van der Waals surface area contributed by atoms with Gasteiger partial charge in [0.05, 0.1) is 19.8 Å². The quantitative estimate of drug-likeness (QED) is 0.396. The molecule has 5 atom stereocenters. The number of rotatable bonds is 11. The second-order valence-corrected chi connectivity index (χ2v) is 8.12. The highest BCUT2D eigenvalue weighted by molar-refractivity contribution is 5.57. The molecule has 1 aliphatic rings. The van der Waals surface area contributed by atoms with Crippen molar-refractivity contribution in [1.29, 1.82) is 0 Å². The van der Waals surface area contributed by atoms with Crippen LogP contribution in [-0.4, -0.2) is 44.1 Å². The molecule has 0 saturated carbocycles. The van der Waals surface area contributed by atoms with Crippen molar-refractivity contribution < 1.29 is 28.5 Å². The molecular weight excluding hydrogens is 432 g/mol. The number of hydrogen-bond donors (Lipinski definition) is 0. The minimum absolute atomic E-state index is 0.313. The molecule has 6 nitrogen and oxygen atoms in total. The minimum atomic E-state index is -0.856. The van der Waals surface area contributed by atoms with Crippen molar-refractivity contribution in [3.05, 3.63) is 108 Å². The first-order chi connectivity index (χ1) is 16.8. The Morgan fingerprint density at radius 2 is 1.06 bits per heavy atom. The van der Waals surface area contributed by atoms with Crippen LogP contribution in [0.15, 0.2) is 91.0 Å². The van der Waals surface area contributed by atoms with Gasteiger partial charge < -0.3 is 28.5 Å². The summed E-state index contributed by atoms with van der Waals surface area (Å²) >= 11 is 0. The molecule has 1 aliphatic heterocycles. The van der Waals surface area contributed by atoms with Gasteiger partial charge in [0, 0.05) is 7.11 Å². The largest absolute Gasteiger partial charge is 0.368 e. The normalized spacial score (nSPS) is 24.6. The summed E-state index contributed by atoms with van der Waals surface area (Å²) in [5.74, 6) is 0. The Bertz CT molecular complexity index is 982. The van der Waals surface area contributed by atoms with E-state index in [-0.39, 0.29) is 0 Å². The maximum Gasteiger partial charge on any atom is 0.187 e. The summed E-state index contributed by atoms with van der Waals surface area (Å²) in [6.07, 6.45) is -2.77. The van der Waals surface area contributed by atoms with Gasteiger partial charge in [0.15, 0.2) is 12.6 Å². The molecule has 1 saturated heterocycles. The van der Waals surface area contributed by atoms with E-state index in [0.29, 0.717) is 19.8 Å². The second-order valence-electron chi connectivity index (χ2n) is 8.12. The van der Waals surface area contributed by atoms with Crippen LogP contribution in [0.4, 0.5) is 0 Å². The highest BCUT2D eigenvalue weighted by Crippen LogP contribution is 2.30. The molecule has 0 N–H and O–H groups in total.